The van der Waals surface area contributed by atoms with Gasteiger partial charge in [0.25, 0.3) is 0 Å². The van der Waals surface area contributed by atoms with Gasteiger partial charge in [0.05, 0.1) is 0 Å². The number of hydrogen-bond acceptors (Lipinski definition) is 4. The molecule has 0 fully saturated rings. The molecule has 0 atom stereocenters. The number of aromatic nitrogens is 4. The van der Waals surface area contributed by atoms with E-state index in [0.29, 0.717) is 22.9 Å². The van der Waals surface area contributed by atoms with Crippen molar-refractivity contribution in [3.63, 3.8) is 0 Å². The maximum atomic E-state index is 11.4. The van der Waals surface area contributed by atoms with Crippen LogP contribution in [-0.4, -0.2) is 24.7 Å². The molecular formula is C18H13ClN4O2. The fourth-order valence-corrected chi connectivity index (χ4v) is 2.91. The first-order valence-corrected chi connectivity index (χ1v) is 7.98. The Bertz CT molecular complexity index is 1130. The highest BCUT2D eigenvalue weighted by atomic mass is 35.5. The Morgan fingerprint density at radius 2 is 2.04 bits per heavy atom. The molecule has 0 radical (unpaired) electrons. The number of rotatable bonds is 3. The fourth-order valence-electron chi connectivity index (χ4n) is 2.68. The Kier molecular flexibility index (Phi) is 3.74. The number of H-pyrrole nitrogens is 1. The molecule has 0 unspecified atom stereocenters. The fraction of sp³-hybridized carbons (Fsp3) is 0.0556. The minimum atomic E-state index is -0.151. The molecule has 1 aromatic carbocycles. The lowest BCUT2D eigenvalue weighted by Gasteiger charge is -2.05. The Labute approximate surface area is 147 Å². The van der Waals surface area contributed by atoms with Crippen LogP contribution < -0.4 is 5.56 Å². The number of phenolic OH excluding ortho intramolecular Hbond substituents is 1. The zero-order valence-corrected chi connectivity index (χ0v) is 13.7. The first-order valence-electron chi connectivity index (χ1n) is 7.60. The van der Waals surface area contributed by atoms with Gasteiger partial charge in [-0.1, -0.05) is 11.6 Å². The van der Waals surface area contributed by atoms with Crippen molar-refractivity contribution < 1.29 is 5.11 Å². The third-order valence-electron chi connectivity index (χ3n) is 3.84. The second-order valence-electron chi connectivity index (χ2n) is 5.65. The molecule has 7 heteroatoms. The van der Waals surface area contributed by atoms with Crippen molar-refractivity contribution in [3.05, 3.63) is 81.6 Å². The van der Waals surface area contributed by atoms with E-state index < -0.39 is 0 Å². The summed E-state index contributed by atoms with van der Waals surface area (Å²) in [6.07, 6.45) is 3.88. The van der Waals surface area contributed by atoms with Crippen LogP contribution in [0.15, 0.2) is 59.7 Å². The van der Waals surface area contributed by atoms with Crippen LogP contribution in [0.3, 0.4) is 0 Å². The van der Waals surface area contributed by atoms with Crippen LogP contribution in [0.4, 0.5) is 0 Å². The summed E-state index contributed by atoms with van der Waals surface area (Å²) in [5.74, 6) is 0.762. The third kappa shape index (κ3) is 3.12. The summed E-state index contributed by atoms with van der Waals surface area (Å²) in [5.41, 5.74) is 2.93. The number of hydrogen-bond donors (Lipinski definition) is 2. The smallest absolute Gasteiger partial charge is 0.248 e. The highest BCUT2D eigenvalue weighted by Gasteiger charge is 2.09. The van der Waals surface area contributed by atoms with E-state index in [1.54, 1.807) is 28.9 Å². The SMILES string of the molecule is O=c1cc(Cc2nc3ccc(-c4cc(O)ccc4Cl)cn3n2)cc[nH]1. The van der Waals surface area contributed by atoms with E-state index in [-0.39, 0.29) is 11.3 Å². The molecule has 0 amide bonds. The molecule has 4 rings (SSSR count). The zero-order valence-electron chi connectivity index (χ0n) is 13.0. The van der Waals surface area contributed by atoms with Gasteiger partial charge in [-0.25, -0.2) is 9.50 Å². The van der Waals surface area contributed by atoms with Gasteiger partial charge in [-0.15, -0.1) is 0 Å². The van der Waals surface area contributed by atoms with Crippen LogP contribution in [0, 0.1) is 0 Å². The maximum Gasteiger partial charge on any atom is 0.248 e. The van der Waals surface area contributed by atoms with Crippen LogP contribution in [0.1, 0.15) is 11.4 Å². The van der Waals surface area contributed by atoms with E-state index in [9.17, 15) is 9.90 Å². The average Bonchev–Trinajstić information content (AvgIpc) is 2.98. The minimum absolute atomic E-state index is 0.146. The second-order valence-corrected chi connectivity index (χ2v) is 6.06. The molecule has 4 aromatic rings. The van der Waals surface area contributed by atoms with Gasteiger partial charge in [0.1, 0.15) is 5.75 Å². The number of aromatic amines is 1. The molecule has 0 spiro atoms. The van der Waals surface area contributed by atoms with Crippen molar-refractivity contribution in [2.24, 2.45) is 0 Å². The topological polar surface area (TPSA) is 83.3 Å². The molecule has 124 valence electrons. The molecule has 0 aliphatic heterocycles. The van der Waals surface area contributed by atoms with Crippen LogP contribution in [0.2, 0.25) is 5.02 Å². The van der Waals surface area contributed by atoms with Crippen molar-refractivity contribution >= 4 is 17.2 Å². The molecule has 2 N–H and O–H groups in total. The quantitative estimate of drug-likeness (QED) is 0.593. The summed E-state index contributed by atoms with van der Waals surface area (Å²) in [6, 6.07) is 11.9. The third-order valence-corrected chi connectivity index (χ3v) is 4.17. The van der Waals surface area contributed by atoms with Crippen molar-refractivity contribution in [2.45, 2.75) is 6.42 Å². The normalized spacial score (nSPS) is 11.1. The Balaban J connectivity index is 1.72. The van der Waals surface area contributed by atoms with Crippen LogP contribution >= 0.6 is 11.6 Å². The highest BCUT2D eigenvalue weighted by Crippen LogP contribution is 2.31. The van der Waals surface area contributed by atoms with Crippen molar-refractivity contribution in [1.82, 2.24) is 19.6 Å². The van der Waals surface area contributed by atoms with E-state index in [1.165, 1.54) is 6.07 Å². The molecular weight excluding hydrogens is 340 g/mol. The maximum absolute atomic E-state index is 11.4. The molecule has 0 saturated carbocycles. The molecule has 6 nitrogen and oxygen atoms in total. The first-order chi connectivity index (χ1) is 12.1. The molecule has 0 saturated heterocycles. The molecule has 0 aliphatic rings. The van der Waals surface area contributed by atoms with Crippen molar-refractivity contribution in [2.75, 3.05) is 0 Å². The molecule has 3 heterocycles. The zero-order chi connectivity index (χ0) is 17.4. The van der Waals surface area contributed by atoms with Gasteiger partial charge in [-0.2, -0.15) is 5.10 Å². The summed E-state index contributed by atoms with van der Waals surface area (Å²) in [4.78, 5) is 18.4. The molecule has 0 aliphatic carbocycles. The number of aromatic hydroxyl groups is 1. The standard InChI is InChI=1S/C18H13ClN4O2/c19-15-3-2-13(24)9-14(15)12-1-4-17-21-16(22-23(17)10-12)7-11-5-6-20-18(25)8-11/h1-6,8-10,24H,7H2,(H,20,25). The summed E-state index contributed by atoms with van der Waals surface area (Å²) in [6.45, 7) is 0. The summed E-state index contributed by atoms with van der Waals surface area (Å²) in [5, 5.41) is 14.7. The van der Waals surface area contributed by atoms with Gasteiger partial charge < -0.3 is 10.1 Å². The van der Waals surface area contributed by atoms with E-state index >= 15 is 0 Å². The van der Waals surface area contributed by atoms with Gasteiger partial charge in [-0.3, -0.25) is 4.79 Å². The Morgan fingerprint density at radius 3 is 2.88 bits per heavy atom. The van der Waals surface area contributed by atoms with Gasteiger partial charge in [0.2, 0.25) is 5.56 Å². The van der Waals surface area contributed by atoms with Gasteiger partial charge in [0.15, 0.2) is 11.5 Å². The number of nitrogens with one attached hydrogen (secondary N) is 1. The predicted molar refractivity (Wildman–Crippen MR) is 95.0 cm³/mol. The van der Waals surface area contributed by atoms with E-state index in [4.69, 9.17) is 11.6 Å². The predicted octanol–water partition coefficient (Wildman–Crippen LogP) is 3.03. The van der Waals surface area contributed by atoms with Crippen molar-refractivity contribution in [3.8, 4) is 16.9 Å². The highest BCUT2D eigenvalue weighted by molar-refractivity contribution is 6.33. The first kappa shape index (κ1) is 15.4. The Morgan fingerprint density at radius 1 is 1.16 bits per heavy atom. The summed E-state index contributed by atoms with van der Waals surface area (Å²) >= 11 is 6.22. The van der Waals surface area contributed by atoms with Crippen LogP contribution in [0.5, 0.6) is 5.75 Å². The minimum Gasteiger partial charge on any atom is -0.508 e. The van der Waals surface area contributed by atoms with E-state index in [0.717, 1.165) is 16.7 Å². The molecule has 3 aromatic heterocycles. The van der Waals surface area contributed by atoms with E-state index in [1.807, 2.05) is 24.4 Å². The van der Waals surface area contributed by atoms with E-state index in [2.05, 4.69) is 15.1 Å². The van der Waals surface area contributed by atoms with Gasteiger partial charge >= 0.3 is 0 Å². The lowest BCUT2D eigenvalue weighted by Crippen LogP contribution is -2.04. The van der Waals surface area contributed by atoms with Gasteiger partial charge in [-0.05, 0) is 42.0 Å². The number of benzene rings is 1. The van der Waals surface area contributed by atoms with Gasteiger partial charge in [0, 0.05) is 41.0 Å². The lowest BCUT2D eigenvalue weighted by molar-refractivity contribution is 0.475. The lowest BCUT2D eigenvalue weighted by atomic mass is 10.1. The largest absolute Gasteiger partial charge is 0.508 e. The Hall–Kier alpha value is -3.12. The molecule has 25 heavy (non-hydrogen) atoms. The number of fused-ring (bicyclic) bond motifs is 1. The second kappa shape index (κ2) is 6.07. The monoisotopic (exact) mass is 352 g/mol. The number of nitrogens with zero attached hydrogens (tertiary/aromatic N) is 3. The van der Waals surface area contributed by atoms with Crippen LogP contribution in [-0.2, 0) is 6.42 Å². The van der Waals surface area contributed by atoms with Crippen LogP contribution in [0.25, 0.3) is 16.8 Å². The molecule has 0 bridgehead atoms. The summed E-state index contributed by atoms with van der Waals surface area (Å²) < 4.78 is 1.66. The number of pyridine rings is 2. The summed E-state index contributed by atoms with van der Waals surface area (Å²) in [7, 11) is 0. The number of halogens is 1. The van der Waals surface area contributed by atoms with Crippen molar-refractivity contribution in [1.29, 1.82) is 0 Å². The average molecular weight is 353 g/mol. The number of phenols is 1.